The highest BCUT2D eigenvalue weighted by atomic mass is 35.5. The zero-order valence-corrected chi connectivity index (χ0v) is 15.9. The predicted octanol–water partition coefficient (Wildman–Crippen LogP) is 3.21. The van der Waals surface area contributed by atoms with Gasteiger partial charge < -0.3 is 14.9 Å². The molecule has 0 aromatic heterocycles. The number of nitrogens with zero attached hydrogens (tertiary/aromatic N) is 2. The third-order valence-electron chi connectivity index (χ3n) is 4.17. The quantitative estimate of drug-likeness (QED) is 0.807. The van der Waals surface area contributed by atoms with Crippen LogP contribution in [0.25, 0.3) is 0 Å². The Balaban J connectivity index is 2.44. The smallest absolute Gasteiger partial charge is 0.290 e. The van der Waals surface area contributed by atoms with Gasteiger partial charge in [-0.25, -0.2) is 0 Å². The molecular weight excluding hydrogens is 340 g/mol. The Kier molecular flexibility index (Phi) is 6.25. The molecule has 0 bridgehead atoms. The fraction of sp³-hybridized carbons (Fsp3) is 0.474. The van der Waals surface area contributed by atoms with Crippen LogP contribution in [0.4, 0.5) is 0 Å². The lowest BCUT2D eigenvalue weighted by molar-refractivity contribution is -0.129. The molecule has 1 aromatic rings. The fourth-order valence-electron chi connectivity index (χ4n) is 2.95. The van der Waals surface area contributed by atoms with Crippen LogP contribution in [-0.4, -0.2) is 53.8 Å². The van der Waals surface area contributed by atoms with E-state index in [9.17, 15) is 14.7 Å². The molecule has 1 heterocycles. The van der Waals surface area contributed by atoms with Crippen LogP contribution in [0.15, 0.2) is 35.6 Å². The van der Waals surface area contributed by atoms with Gasteiger partial charge in [0.15, 0.2) is 11.5 Å². The number of likely N-dealkylation sites (N-methyl/N-ethyl adjacent to an activating group) is 1. The molecule has 1 aliphatic heterocycles. The van der Waals surface area contributed by atoms with Gasteiger partial charge in [0.25, 0.3) is 5.91 Å². The monoisotopic (exact) mass is 364 g/mol. The zero-order chi connectivity index (χ0) is 18.7. The van der Waals surface area contributed by atoms with Crippen molar-refractivity contribution >= 4 is 23.3 Å². The van der Waals surface area contributed by atoms with Crippen molar-refractivity contribution in [2.45, 2.75) is 26.3 Å². The number of carbonyl (C=O) groups is 2. The fourth-order valence-corrected chi connectivity index (χ4v) is 3.08. The van der Waals surface area contributed by atoms with E-state index < -0.39 is 17.7 Å². The normalized spacial score (nSPS) is 18.0. The second kappa shape index (κ2) is 8.02. The van der Waals surface area contributed by atoms with Crippen LogP contribution in [-0.2, 0) is 9.59 Å². The molecule has 0 fully saturated rings. The van der Waals surface area contributed by atoms with E-state index in [1.54, 1.807) is 29.2 Å². The molecule has 2 rings (SSSR count). The van der Waals surface area contributed by atoms with Gasteiger partial charge in [-0.15, -0.1) is 0 Å². The first-order valence-corrected chi connectivity index (χ1v) is 8.77. The zero-order valence-electron chi connectivity index (χ0n) is 15.1. The topological polar surface area (TPSA) is 60.9 Å². The van der Waals surface area contributed by atoms with Gasteiger partial charge in [0, 0.05) is 24.5 Å². The van der Waals surface area contributed by atoms with E-state index in [-0.39, 0.29) is 23.7 Å². The summed E-state index contributed by atoms with van der Waals surface area (Å²) in [6, 6.07) is 6.47. The lowest BCUT2D eigenvalue weighted by Gasteiger charge is -2.28. The highest BCUT2D eigenvalue weighted by molar-refractivity contribution is 6.30. The predicted molar refractivity (Wildman–Crippen MR) is 98.6 cm³/mol. The number of rotatable bonds is 7. The van der Waals surface area contributed by atoms with Crippen molar-refractivity contribution in [3.63, 3.8) is 0 Å². The summed E-state index contributed by atoms with van der Waals surface area (Å²) in [6.45, 7) is 4.93. The van der Waals surface area contributed by atoms with Crippen molar-refractivity contribution in [3.8, 4) is 0 Å². The average Bonchev–Trinajstić information content (AvgIpc) is 2.77. The summed E-state index contributed by atoms with van der Waals surface area (Å²) >= 11 is 5.97. The van der Waals surface area contributed by atoms with E-state index >= 15 is 0 Å². The van der Waals surface area contributed by atoms with Crippen molar-refractivity contribution in [2.75, 3.05) is 27.2 Å². The maximum atomic E-state index is 12.7. The summed E-state index contributed by atoms with van der Waals surface area (Å²) in [5, 5.41) is 11.0. The van der Waals surface area contributed by atoms with Crippen molar-refractivity contribution in [3.05, 3.63) is 46.2 Å². The molecule has 0 saturated heterocycles. The molecule has 6 heteroatoms. The Morgan fingerprint density at radius 1 is 1.28 bits per heavy atom. The number of benzene rings is 1. The standard InChI is InChI=1S/C19H25ClN2O3/c1-12(2)11-15(23)16-17(13-5-7-14(20)8-6-13)22(10-9-21(3)4)19(25)18(16)24/h5-8,12,17,24H,9-11H2,1-4H3. The van der Waals surface area contributed by atoms with Crippen molar-refractivity contribution in [1.82, 2.24) is 9.80 Å². The second-order valence-corrected chi connectivity index (χ2v) is 7.48. The Bertz CT molecular complexity index is 680. The molecule has 0 spiro atoms. The Morgan fingerprint density at radius 2 is 1.88 bits per heavy atom. The summed E-state index contributed by atoms with van der Waals surface area (Å²) in [5.41, 5.74) is 0.965. The van der Waals surface area contributed by atoms with E-state index in [1.807, 2.05) is 32.8 Å². The Hall–Kier alpha value is -1.85. The number of aliphatic hydroxyl groups excluding tert-OH is 1. The lowest BCUT2D eigenvalue weighted by atomic mass is 9.92. The highest BCUT2D eigenvalue weighted by Crippen LogP contribution is 2.38. The number of halogens is 1. The van der Waals surface area contributed by atoms with E-state index in [1.165, 1.54) is 0 Å². The van der Waals surface area contributed by atoms with Crippen LogP contribution in [0.5, 0.6) is 0 Å². The van der Waals surface area contributed by atoms with Crippen LogP contribution in [0.2, 0.25) is 5.02 Å². The van der Waals surface area contributed by atoms with Gasteiger partial charge in [-0.3, -0.25) is 9.59 Å². The minimum atomic E-state index is -0.573. The van der Waals surface area contributed by atoms with Crippen LogP contribution in [0, 0.1) is 5.92 Å². The van der Waals surface area contributed by atoms with Gasteiger partial charge in [-0.2, -0.15) is 0 Å². The van der Waals surface area contributed by atoms with Gasteiger partial charge in [0.05, 0.1) is 11.6 Å². The summed E-state index contributed by atoms with van der Waals surface area (Å²) < 4.78 is 0. The molecule has 1 aliphatic rings. The summed E-state index contributed by atoms with van der Waals surface area (Å²) in [4.78, 5) is 28.8. The molecule has 136 valence electrons. The number of amides is 1. The number of hydrogen-bond acceptors (Lipinski definition) is 4. The van der Waals surface area contributed by atoms with Gasteiger partial charge in [0.2, 0.25) is 0 Å². The number of aliphatic hydroxyl groups is 1. The minimum absolute atomic E-state index is 0.143. The molecular formula is C19H25ClN2O3. The number of ketones is 1. The van der Waals surface area contributed by atoms with Crippen molar-refractivity contribution in [2.24, 2.45) is 5.92 Å². The summed E-state index contributed by atoms with van der Waals surface area (Å²) in [5.74, 6) is -0.962. The number of Topliss-reactive ketones (excluding diaryl/α,β-unsaturated/α-hetero) is 1. The SMILES string of the molecule is CC(C)CC(=O)C1=C(O)C(=O)N(CCN(C)C)C1c1ccc(Cl)cc1. The molecule has 0 saturated carbocycles. The molecule has 1 unspecified atom stereocenters. The van der Waals surface area contributed by atoms with E-state index in [4.69, 9.17) is 11.6 Å². The molecule has 1 atom stereocenters. The molecule has 1 N–H and O–H groups in total. The van der Waals surface area contributed by atoms with E-state index in [0.717, 1.165) is 5.56 Å². The van der Waals surface area contributed by atoms with Gasteiger partial charge >= 0.3 is 0 Å². The summed E-state index contributed by atoms with van der Waals surface area (Å²) in [7, 11) is 3.83. The number of hydrogen-bond donors (Lipinski definition) is 1. The van der Waals surface area contributed by atoms with Crippen molar-refractivity contribution < 1.29 is 14.7 Å². The van der Waals surface area contributed by atoms with Crippen LogP contribution in [0.3, 0.4) is 0 Å². The van der Waals surface area contributed by atoms with Gasteiger partial charge in [-0.05, 0) is 37.7 Å². The highest BCUT2D eigenvalue weighted by Gasteiger charge is 2.43. The molecule has 5 nitrogen and oxygen atoms in total. The molecule has 0 aliphatic carbocycles. The Morgan fingerprint density at radius 3 is 2.40 bits per heavy atom. The third-order valence-corrected chi connectivity index (χ3v) is 4.42. The van der Waals surface area contributed by atoms with E-state index in [2.05, 4.69) is 0 Å². The lowest BCUT2D eigenvalue weighted by Crippen LogP contribution is -2.36. The molecule has 1 amide bonds. The largest absolute Gasteiger partial charge is 0.503 e. The van der Waals surface area contributed by atoms with Crippen LogP contribution >= 0.6 is 11.6 Å². The van der Waals surface area contributed by atoms with Gasteiger partial charge in [0.1, 0.15) is 0 Å². The maximum absolute atomic E-state index is 12.7. The summed E-state index contributed by atoms with van der Waals surface area (Å²) in [6.07, 6.45) is 0.290. The molecule has 0 radical (unpaired) electrons. The number of carbonyl (C=O) groups excluding carboxylic acids is 2. The molecule has 1 aromatic carbocycles. The Labute approximate surface area is 153 Å². The van der Waals surface area contributed by atoms with Gasteiger partial charge in [-0.1, -0.05) is 37.6 Å². The second-order valence-electron chi connectivity index (χ2n) is 7.04. The minimum Gasteiger partial charge on any atom is -0.503 e. The average molecular weight is 365 g/mol. The first kappa shape index (κ1) is 19.5. The first-order chi connectivity index (χ1) is 11.7. The third kappa shape index (κ3) is 4.41. The first-order valence-electron chi connectivity index (χ1n) is 8.39. The maximum Gasteiger partial charge on any atom is 0.290 e. The van der Waals surface area contributed by atoms with Crippen LogP contribution in [0.1, 0.15) is 31.9 Å². The van der Waals surface area contributed by atoms with Crippen molar-refractivity contribution in [1.29, 1.82) is 0 Å². The molecule has 25 heavy (non-hydrogen) atoms. The van der Waals surface area contributed by atoms with E-state index in [0.29, 0.717) is 18.1 Å². The van der Waals surface area contributed by atoms with Crippen LogP contribution < -0.4 is 0 Å².